The molecule has 1 aliphatic carbocycles. The van der Waals surface area contributed by atoms with Gasteiger partial charge in [-0.1, -0.05) is 13.3 Å². The van der Waals surface area contributed by atoms with Crippen molar-refractivity contribution in [2.24, 2.45) is 5.41 Å². The number of aromatic nitrogens is 2. The molecule has 2 aromatic heterocycles. The van der Waals surface area contributed by atoms with Gasteiger partial charge in [0.1, 0.15) is 21.9 Å². The molecule has 1 aliphatic rings. The van der Waals surface area contributed by atoms with E-state index in [1.54, 1.807) is 6.92 Å². The van der Waals surface area contributed by atoms with Crippen molar-refractivity contribution in [1.82, 2.24) is 9.97 Å². The second kappa shape index (κ2) is 6.64. The van der Waals surface area contributed by atoms with Gasteiger partial charge in [-0.25, -0.2) is 14.8 Å². The van der Waals surface area contributed by atoms with Crippen molar-refractivity contribution in [2.75, 3.05) is 18.5 Å². The molecule has 1 saturated carbocycles. The number of carbonyl (C=O) groups is 1. The number of fused-ring (bicyclic) bond motifs is 1. The topological polar surface area (TPSA) is 84.3 Å². The van der Waals surface area contributed by atoms with Gasteiger partial charge in [0.25, 0.3) is 0 Å². The van der Waals surface area contributed by atoms with Gasteiger partial charge in [0.15, 0.2) is 0 Å². The van der Waals surface area contributed by atoms with E-state index in [2.05, 4.69) is 22.2 Å². The number of aryl methyl sites for hydroxylation is 1. The Kier molecular flexibility index (Phi) is 4.73. The van der Waals surface area contributed by atoms with E-state index in [4.69, 9.17) is 4.74 Å². The Balaban J connectivity index is 1.98. The number of hydrogen-bond donors (Lipinski definition) is 2. The number of anilines is 1. The molecule has 0 spiro atoms. The summed E-state index contributed by atoms with van der Waals surface area (Å²) in [6.07, 6.45) is 4.59. The average molecular weight is 349 g/mol. The third-order valence-electron chi connectivity index (χ3n) is 4.94. The zero-order chi connectivity index (χ0) is 17.3. The Labute approximate surface area is 145 Å². The molecule has 1 fully saturated rings. The molecule has 3 rings (SSSR count). The minimum absolute atomic E-state index is 0.148. The lowest BCUT2D eigenvalue weighted by atomic mass is 9.86. The fraction of sp³-hybridized carbons (Fsp3) is 0.588. The Morgan fingerprint density at radius 2 is 2.33 bits per heavy atom. The van der Waals surface area contributed by atoms with E-state index < -0.39 is 0 Å². The van der Waals surface area contributed by atoms with Crippen molar-refractivity contribution in [3.05, 3.63) is 16.8 Å². The minimum atomic E-state index is -0.315. The lowest BCUT2D eigenvalue weighted by molar-refractivity contribution is 0.0531. The van der Waals surface area contributed by atoms with Crippen molar-refractivity contribution in [2.45, 2.75) is 46.1 Å². The van der Waals surface area contributed by atoms with Gasteiger partial charge in [0.05, 0.1) is 18.6 Å². The van der Waals surface area contributed by atoms with Gasteiger partial charge in [-0.15, -0.1) is 11.3 Å². The van der Waals surface area contributed by atoms with Crippen LogP contribution in [0, 0.1) is 12.3 Å². The molecular formula is C17H23N3O3S. The molecular weight excluding hydrogens is 326 g/mol. The maximum absolute atomic E-state index is 12.1. The number of nitrogens with zero attached hydrogens (tertiary/aromatic N) is 2. The standard InChI is InChI=1S/C17H23N3O3S/c1-4-23-16(22)13-10(2)12-14(18-9-19-15(12)24-13)20-11-6-5-7-17(11,3)8-21/h9,11,21H,4-8H2,1-3H3,(H,18,19,20)/t11-,17+/m1/s1. The van der Waals surface area contributed by atoms with E-state index in [9.17, 15) is 9.90 Å². The summed E-state index contributed by atoms with van der Waals surface area (Å²) < 4.78 is 5.13. The fourth-order valence-corrected chi connectivity index (χ4v) is 4.45. The number of aliphatic hydroxyl groups excluding tert-OH is 1. The predicted octanol–water partition coefficient (Wildman–Crippen LogP) is 3.14. The Morgan fingerprint density at radius 1 is 1.54 bits per heavy atom. The monoisotopic (exact) mass is 349 g/mol. The molecule has 2 N–H and O–H groups in total. The zero-order valence-electron chi connectivity index (χ0n) is 14.3. The highest BCUT2D eigenvalue weighted by Crippen LogP contribution is 2.41. The fourth-order valence-electron chi connectivity index (χ4n) is 3.41. The molecule has 0 aromatic carbocycles. The quantitative estimate of drug-likeness (QED) is 0.807. The van der Waals surface area contributed by atoms with Gasteiger partial charge in [0.2, 0.25) is 0 Å². The summed E-state index contributed by atoms with van der Waals surface area (Å²) in [6.45, 7) is 6.29. The maximum Gasteiger partial charge on any atom is 0.348 e. The average Bonchev–Trinajstić information content (AvgIpc) is 3.10. The second-order valence-electron chi connectivity index (χ2n) is 6.58. The molecule has 0 aliphatic heterocycles. The first-order valence-corrected chi connectivity index (χ1v) is 9.10. The first kappa shape index (κ1) is 17.1. The molecule has 130 valence electrons. The molecule has 0 saturated heterocycles. The molecule has 0 radical (unpaired) electrons. The zero-order valence-corrected chi connectivity index (χ0v) is 15.1. The van der Waals surface area contributed by atoms with Crippen LogP contribution >= 0.6 is 11.3 Å². The highest BCUT2D eigenvalue weighted by molar-refractivity contribution is 7.20. The molecule has 0 amide bonds. The van der Waals surface area contributed by atoms with Crippen LogP contribution in [0.3, 0.4) is 0 Å². The second-order valence-corrected chi connectivity index (χ2v) is 7.58. The third kappa shape index (κ3) is 2.86. The molecule has 0 bridgehead atoms. The molecule has 6 nitrogen and oxygen atoms in total. The number of hydrogen-bond acceptors (Lipinski definition) is 7. The lowest BCUT2D eigenvalue weighted by Crippen LogP contribution is -2.36. The van der Waals surface area contributed by atoms with E-state index in [0.717, 1.165) is 40.9 Å². The minimum Gasteiger partial charge on any atom is -0.462 e. The van der Waals surface area contributed by atoms with Crippen LogP contribution in [0.5, 0.6) is 0 Å². The molecule has 7 heteroatoms. The Hall–Kier alpha value is -1.73. The van der Waals surface area contributed by atoms with E-state index in [-0.39, 0.29) is 24.0 Å². The Bertz CT molecular complexity index is 761. The van der Waals surface area contributed by atoms with Gasteiger partial charge < -0.3 is 15.2 Å². The number of rotatable bonds is 5. The van der Waals surface area contributed by atoms with E-state index in [0.29, 0.717) is 11.5 Å². The first-order chi connectivity index (χ1) is 11.5. The molecule has 2 heterocycles. The van der Waals surface area contributed by atoms with E-state index in [1.165, 1.54) is 17.7 Å². The van der Waals surface area contributed by atoms with Gasteiger partial charge in [0, 0.05) is 11.5 Å². The number of thiophene rings is 1. The molecule has 2 atom stereocenters. The summed E-state index contributed by atoms with van der Waals surface area (Å²) in [5.74, 6) is 0.417. The normalized spacial score (nSPS) is 23.6. The van der Waals surface area contributed by atoms with E-state index >= 15 is 0 Å². The first-order valence-electron chi connectivity index (χ1n) is 8.28. The number of esters is 1. The SMILES string of the molecule is CCOC(=O)c1sc2ncnc(N[C@@H]3CCC[C@@]3(C)CO)c2c1C. The summed E-state index contributed by atoms with van der Waals surface area (Å²) in [7, 11) is 0. The summed E-state index contributed by atoms with van der Waals surface area (Å²) in [5.41, 5.74) is 0.700. The largest absolute Gasteiger partial charge is 0.462 e. The summed E-state index contributed by atoms with van der Waals surface area (Å²) >= 11 is 1.33. The number of ether oxygens (including phenoxy) is 1. The van der Waals surface area contributed by atoms with Crippen LogP contribution in [0.4, 0.5) is 5.82 Å². The predicted molar refractivity (Wildman–Crippen MR) is 94.6 cm³/mol. The third-order valence-corrected chi connectivity index (χ3v) is 6.12. The summed E-state index contributed by atoms with van der Waals surface area (Å²) in [5, 5.41) is 14.1. The Morgan fingerprint density at radius 3 is 3.04 bits per heavy atom. The van der Waals surface area contributed by atoms with Gasteiger partial charge in [-0.2, -0.15) is 0 Å². The smallest absolute Gasteiger partial charge is 0.348 e. The lowest BCUT2D eigenvalue weighted by Gasteiger charge is -2.30. The van der Waals surface area contributed by atoms with Crippen LogP contribution in [0.15, 0.2) is 6.33 Å². The maximum atomic E-state index is 12.1. The van der Waals surface area contributed by atoms with Crippen molar-refractivity contribution in [3.8, 4) is 0 Å². The summed E-state index contributed by atoms with van der Waals surface area (Å²) in [6, 6.07) is 0.158. The molecule has 2 aromatic rings. The number of nitrogens with one attached hydrogen (secondary N) is 1. The van der Waals surface area contributed by atoms with Crippen molar-refractivity contribution >= 4 is 33.3 Å². The van der Waals surface area contributed by atoms with Crippen LogP contribution in [-0.4, -0.2) is 40.3 Å². The van der Waals surface area contributed by atoms with Crippen molar-refractivity contribution in [1.29, 1.82) is 0 Å². The highest BCUT2D eigenvalue weighted by atomic mass is 32.1. The van der Waals surface area contributed by atoms with E-state index in [1.807, 2.05) is 6.92 Å². The molecule has 0 unspecified atom stereocenters. The van der Waals surface area contributed by atoms with Gasteiger partial charge in [-0.3, -0.25) is 0 Å². The number of aliphatic hydroxyl groups is 1. The van der Waals surface area contributed by atoms with Crippen LogP contribution in [-0.2, 0) is 4.74 Å². The molecule has 24 heavy (non-hydrogen) atoms. The van der Waals surface area contributed by atoms with Crippen LogP contribution in [0.2, 0.25) is 0 Å². The van der Waals surface area contributed by atoms with Gasteiger partial charge >= 0.3 is 5.97 Å². The van der Waals surface area contributed by atoms with Crippen molar-refractivity contribution in [3.63, 3.8) is 0 Å². The van der Waals surface area contributed by atoms with Crippen LogP contribution in [0.1, 0.15) is 48.3 Å². The van der Waals surface area contributed by atoms with Crippen LogP contribution in [0.25, 0.3) is 10.2 Å². The number of carbonyl (C=O) groups excluding carboxylic acids is 1. The van der Waals surface area contributed by atoms with Crippen molar-refractivity contribution < 1.29 is 14.6 Å². The van der Waals surface area contributed by atoms with Crippen LogP contribution < -0.4 is 5.32 Å². The summed E-state index contributed by atoms with van der Waals surface area (Å²) in [4.78, 5) is 22.2. The highest BCUT2D eigenvalue weighted by Gasteiger charge is 2.38. The van der Waals surface area contributed by atoms with Gasteiger partial charge in [-0.05, 0) is 32.3 Å².